The fourth-order valence-electron chi connectivity index (χ4n) is 0.662. The quantitative estimate of drug-likeness (QED) is 0.240. The van der Waals surface area contributed by atoms with Crippen molar-refractivity contribution >= 4 is 27.7 Å². The maximum absolute atomic E-state index is 10.8. The van der Waals surface area contributed by atoms with Gasteiger partial charge in [0.2, 0.25) is 5.78 Å². The summed E-state index contributed by atoms with van der Waals surface area (Å²) in [5, 5.41) is 10.1. The zero-order valence-electron chi connectivity index (χ0n) is 6.78. The van der Waals surface area contributed by atoms with E-state index in [1.165, 1.54) is 18.3 Å². The maximum Gasteiger partial charge on any atom is 1.00 e. The maximum atomic E-state index is 10.8. The summed E-state index contributed by atoms with van der Waals surface area (Å²) in [6.07, 6.45) is 1.33. The number of nitrogens with zero attached hydrogens (tertiary/aromatic N) is 1. The van der Waals surface area contributed by atoms with Crippen LogP contribution in [-0.4, -0.2) is 16.7 Å². The number of hydrogen-bond donors (Lipinski definition) is 0. The third kappa shape index (κ3) is 3.56. The summed E-state index contributed by atoms with van der Waals surface area (Å²) in [6, 6.07) is 2.63. The van der Waals surface area contributed by atoms with Crippen LogP contribution in [0.3, 0.4) is 0 Å². The average Bonchev–Trinajstić information content (AvgIpc) is 2.03. The second-order valence-electron chi connectivity index (χ2n) is 1.98. The Morgan fingerprint density at radius 2 is 2.08 bits per heavy atom. The second kappa shape index (κ2) is 5.49. The third-order valence-corrected chi connectivity index (χ3v) is 1.61. The van der Waals surface area contributed by atoms with Crippen molar-refractivity contribution in [2.24, 2.45) is 0 Å². The van der Waals surface area contributed by atoms with E-state index in [9.17, 15) is 14.7 Å². The summed E-state index contributed by atoms with van der Waals surface area (Å²) in [7, 11) is 0. The smallest absolute Gasteiger partial charge is 0.541 e. The zero-order chi connectivity index (χ0) is 9.14. The first-order valence-electron chi connectivity index (χ1n) is 2.98. The van der Waals surface area contributed by atoms with Crippen LogP contribution in [0.5, 0.6) is 0 Å². The largest absolute Gasteiger partial charge is 1.00 e. The number of ketones is 1. The molecule has 62 valence electrons. The summed E-state index contributed by atoms with van der Waals surface area (Å²) in [4.78, 5) is 24.6. The standard InChI is InChI=1S/C7H4BrNO3.Na/c8-5-3-4(1-2-9-5)6(10)7(11)12;/h1-3H,(H,11,12);/q;+1/p-1. The van der Waals surface area contributed by atoms with Crippen molar-refractivity contribution in [2.45, 2.75) is 0 Å². The number of carboxylic acids is 1. The number of hydrogen-bond acceptors (Lipinski definition) is 4. The average molecular weight is 252 g/mol. The predicted octanol–water partition coefficient (Wildman–Crippen LogP) is -3.22. The van der Waals surface area contributed by atoms with Crippen molar-refractivity contribution in [3.63, 3.8) is 0 Å². The molecule has 0 spiro atoms. The fourth-order valence-corrected chi connectivity index (χ4v) is 1.03. The Morgan fingerprint density at radius 1 is 1.46 bits per heavy atom. The van der Waals surface area contributed by atoms with Crippen LogP contribution in [0.15, 0.2) is 22.9 Å². The Labute approximate surface area is 105 Å². The minimum atomic E-state index is -1.71. The Kier molecular flexibility index (Phi) is 5.39. The first-order chi connectivity index (χ1) is 5.61. The molecule has 0 radical (unpaired) electrons. The molecule has 0 aliphatic carbocycles. The number of carbonyl (C=O) groups is 2. The normalized spacial score (nSPS) is 8.69. The minimum Gasteiger partial charge on any atom is -0.541 e. The number of aliphatic carboxylic acids is 1. The molecule has 4 nitrogen and oxygen atoms in total. The van der Waals surface area contributed by atoms with Crippen LogP contribution < -0.4 is 34.7 Å². The molecule has 1 rings (SSSR count). The van der Waals surface area contributed by atoms with Gasteiger partial charge in [-0.3, -0.25) is 4.79 Å². The van der Waals surface area contributed by atoms with Crippen LogP contribution in [0.4, 0.5) is 0 Å². The first kappa shape index (κ1) is 12.8. The number of pyridine rings is 1. The summed E-state index contributed by atoms with van der Waals surface area (Å²) in [5.74, 6) is -2.76. The van der Waals surface area contributed by atoms with E-state index in [1.54, 1.807) is 0 Å². The monoisotopic (exact) mass is 251 g/mol. The van der Waals surface area contributed by atoms with Crippen molar-refractivity contribution < 1.29 is 44.3 Å². The molecular weight excluding hydrogens is 249 g/mol. The van der Waals surface area contributed by atoms with E-state index in [0.29, 0.717) is 4.60 Å². The first-order valence-corrected chi connectivity index (χ1v) is 3.78. The molecule has 0 unspecified atom stereocenters. The van der Waals surface area contributed by atoms with Crippen molar-refractivity contribution in [3.05, 3.63) is 28.5 Å². The third-order valence-electron chi connectivity index (χ3n) is 1.17. The Bertz CT molecular complexity index is 342. The zero-order valence-corrected chi connectivity index (χ0v) is 10.4. The number of rotatable bonds is 2. The van der Waals surface area contributed by atoms with Crippen LogP contribution in [0, 0.1) is 0 Å². The minimum absolute atomic E-state index is 0. The van der Waals surface area contributed by atoms with E-state index >= 15 is 0 Å². The molecule has 1 aromatic heterocycles. The van der Waals surface area contributed by atoms with Gasteiger partial charge in [-0.25, -0.2) is 4.98 Å². The van der Waals surface area contributed by atoms with E-state index in [-0.39, 0.29) is 35.1 Å². The summed E-state index contributed by atoms with van der Waals surface area (Å²) in [6.45, 7) is 0. The van der Waals surface area contributed by atoms with Crippen molar-refractivity contribution in [1.29, 1.82) is 0 Å². The fraction of sp³-hybridized carbons (Fsp3) is 0. The number of carbonyl (C=O) groups excluding carboxylic acids is 2. The summed E-state index contributed by atoms with van der Waals surface area (Å²) < 4.78 is 0.412. The van der Waals surface area contributed by atoms with Gasteiger partial charge in [-0.2, -0.15) is 0 Å². The molecule has 6 heteroatoms. The molecule has 0 N–H and O–H groups in total. The number of carboxylic acid groups (broad SMARTS) is 1. The summed E-state index contributed by atoms with van der Waals surface area (Å²) in [5.41, 5.74) is 0.0527. The van der Waals surface area contributed by atoms with Gasteiger partial charge in [-0.1, -0.05) is 0 Å². The molecule has 0 fully saturated rings. The van der Waals surface area contributed by atoms with Crippen molar-refractivity contribution in [1.82, 2.24) is 4.98 Å². The molecule has 0 saturated heterocycles. The van der Waals surface area contributed by atoms with E-state index in [2.05, 4.69) is 20.9 Å². The van der Waals surface area contributed by atoms with Crippen LogP contribution in [-0.2, 0) is 4.79 Å². The molecule has 13 heavy (non-hydrogen) atoms. The Balaban J connectivity index is 0.00000144. The van der Waals surface area contributed by atoms with Gasteiger partial charge in [-0.15, -0.1) is 0 Å². The van der Waals surface area contributed by atoms with Crippen LogP contribution >= 0.6 is 15.9 Å². The van der Waals surface area contributed by atoms with Crippen LogP contribution in [0.1, 0.15) is 10.4 Å². The van der Waals surface area contributed by atoms with Gasteiger partial charge in [0.1, 0.15) is 10.6 Å². The van der Waals surface area contributed by atoms with Crippen LogP contribution in [0.25, 0.3) is 0 Å². The molecule has 0 amide bonds. The van der Waals surface area contributed by atoms with Crippen LogP contribution in [0.2, 0.25) is 0 Å². The number of Topliss-reactive ketones (excluding diaryl/α,β-unsaturated/α-hetero) is 1. The van der Waals surface area contributed by atoms with Crippen molar-refractivity contribution in [3.8, 4) is 0 Å². The summed E-state index contributed by atoms with van der Waals surface area (Å²) >= 11 is 3.00. The van der Waals surface area contributed by atoms with Gasteiger partial charge in [0.05, 0.1) is 0 Å². The van der Waals surface area contributed by atoms with Gasteiger partial charge >= 0.3 is 29.6 Å². The number of aromatic nitrogens is 1. The van der Waals surface area contributed by atoms with Gasteiger partial charge in [0.15, 0.2) is 0 Å². The van der Waals surface area contributed by atoms with Gasteiger partial charge in [-0.05, 0) is 28.1 Å². The molecule has 0 aromatic carbocycles. The molecule has 0 bridgehead atoms. The molecular formula is C7H3BrNNaO3. The van der Waals surface area contributed by atoms with E-state index in [1.807, 2.05) is 0 Å². The molecule has 0 aliphatic heterocycles. The SMILES string of the molecule is O=C([O-])C(=O)c1ccnc(Br)c1.[Na+]. The van der Waals surface area contributed by atoms with E-state index in [0.717, 1.165) is 0 Å². The molecule has 0 aliphatic rings. The molecule has 1 aromatic rings. The Morgan fingerprint density at radius 3 is 2.54 bits per heavy atom. The number of halogens is 1. The topological polar surface area (TPSA) is 70.1 Å². The molecule has 1 heterocycles. The predicted molar refractivity (Wildman–Crippen MR) is 41.3 cm³/mol. The molecule has 0 atom stereocenters. The van der Waals surface area contributed by atoms with Gasteiger partial charge < -0.3 is 9.90 Å². The van der Waals surface area contributed by atoms with E-state index < -0.39 is 11.8 Å². The van der Waals surface area contributed by atoms with Gasteiger partial charge in [0.25, 0.3) is 0 Å². The van der Waals surface area contributed by atoms with Crippen molar-refractivity contribution in [2.75, 3.05) is 0 Å². The Hall–Kier alpha value is -0.230. The molecule has 0 saturated carbocycles. The van der Waals surface area contributed by atoms with Gasteiger partial charge in [0, 0.05) is 11.8 Å². The second-order valence-corrected chi connectivity index (χ2v) is 2.80. The van der Waals surface area contributed by atoms with E-state index in [4.69, 9.17) is 0 Å².